The van der Waals surface area contributed by atoms with E-state index in [1.54, 1.807) is 7.11 Å². The van der Waals surface area contributed by atoms with Gasteiger partial charge >= 0.3 is 0 Å². The molecule has 13 heavy (non-hydrogen) atoms. The largest absolute Gasteiger partial charge is 0.496 e. The molecular weight excluding hydrogens is 186 g/mol. The molecule has 1 aromatic rings. The van der Waals surface area contributed by atoms with Crippen molar-refractivity contribution in [1.29, 1.82) is 0 Å². The van der Waals surface area contributed by atoms with Gasteiger partial charge < -0.3 is 10.5 Å². The Morgan fingerprint density at radius 1 is 1.54 bits per heavy atom. The van der Waals surface area contributed by atoms with Crippen molar-refractivity contribution < 1.29 is 4.74 Å². The number of hydrogen-bond acceptors (Lipinski definition) is 2. The lowest BCUT2D eigenvalue weighted by Gasteiger charge is -2.09. The zero-order valence-electron chi connectivity index (χ0n) is 7.51. The van der Waals surface area contributed by atoms with Crippen molar-refractivity contribution in [3.05, 3.63) is 28.3 Å². The van der Waals surface area contributed by atoms with Crippen LogP contribution in [0.15, 0.2) is 12.1 Å². The summed E-state index contributed by atoms with van der Waals surface area (Å²) in [5, 5.41) is 0.702. The molecule has 0 amide bonds. The van der Waals surface area contributed by atoms with Crippen molar-refractivity contribution in [1.82, 2.24) is 0 Å². The summed E-state index contributed by atoms with van der Waals surface area (Å²) >= 11 is 5.94. The van der Waals surface area contributed by atoms with Gasteiger partial charge in [0.15, 0.2) is 0 Å². The zero-order valence-corrected chi connectivity index (χ0v) is 8.27. The maximum Gasteiger partial charge on any atom is 0.123 e. The molecule has 2 N–H and O–H groups in total. The second-order valence-corrected chi connectivity index (χ2v) is 3.76. The first-order valence-electron chi connectivity index (χ1n) is 4.34. The van der Waals surface area contributed by atoms with E-state index in [1.165, 1.54) is 5.56 Å². The maximum atomic E-state index is 5.94. The molecule has 0 spiro atoms. The number of hydrogen-bond donors (Lipinski definition) is 1. The van der Waals surface area contributed by atoms with E-state index >= 15 is 0 Å². The molecule has 0 saturated heterocycles. The van der Waals surface area contributed by atoms with Crippen molar-refractivity contribution in [2.24, 2.45) is 5.73 Å². The summed E-state index contributed by atoms with van der Waals surface area (Å²) in [4.78, 5) is 0. The average molecular weight is 198 g/mol. The van der Waals surface area contributed by atoms with Gasteiger partial charge in [-0.2, -0.15) is 0 Å². The molecule has 2 nitrogen and oxygen atoms in total. The van der Waals surface area contributed by atoms with Crippen LogP contribution in [0.5, 0.6) is 5.75 Å². The highest BCUT2D eigenvalue weighted by Crippen LogP contribution is 2.37. The minimum absolute atomic E-state index is 0.127. The molecule has 2 rings (SSSR count). The Morgan fingerprint density at radius 3 is 3.00 bits per heavy atom. The fraction of sp³-hybridized carbons (Fsp3) is 0.400. The first-order valence-corrected chi connectivity index (χ1v) is 4.72. The summed E-state index contributed by atoms with van der Waals surface area (Å²) in [5.41, 5.74) is 8.29. The molecule has 1 atom stereocenters. The van der Waals surface area contributed by atoms with Crippen molar-refractivity contribution >= 4 is 11.6 Å². The minimum atomic E-state index is 0.127. The van der Waals surface area contributed by atoms with Gasteiger partial charge in [0.2, 0.25) is 0 Å². The number of fused-ring (bicyclic) bond motifs is 1. The normalized spacial score (nSPS) is 20.1. The monoisotopic (exact) mass is 197 g/mol. The number of benzene rings is 1. The molecule has 0 saturated carbocycles. The maximum absolute atomic E-state index is 5.94. The van der Waals surface area contributed by atoms with Gasteiger partial charge in [0, 0.05) is 11.1 Å². The van der Waals surface area contributed by atoms with E-state index in [-0.39, 0.29) is 6.04 Å². The molecule has 0 aromatic heterocycles. The lowest BCUT2D eigenvalue weighted by Crippen LogP contribution is -2.05. The van der Waals surface area contributed by atoms with E-state index < -0.39 is 0 Å². The van der Waals surface area contributed by atoms with Crippen molar-refractivity contribution in [3.63, 3.8) is 0 Å². The van der Waals surface area contributed by atoms with Crippen molar-refractivity contribution in [2.45, 2.75) is 18.9 Å². The molecule has 0 bridgehead atoms. The van der Waals surface area contributed by atoms with Crippen molar-refractivity contribution in [3.8, 4) is 5.75 Å². The number of rotatable bonds is 1. The molecule has 1 unspecified atom stereocenters. The Balaban J connectivity index is 2.56. The van der Waals surface area contributed by atoms with Crippen LogP contribution in [0.25, 0.3) is 0 Å². The van der Waals surface area contributed by atoms with Gasteiger partial charge in [-0.15, -0.1) is 0 Å². The first kappa shape index (κ1) is 8.85. The van der Waals surface area contributed by atoms with E-state index in [1.807, 2.05) is 12.1 Å². The molecule has 0 heterocycles. The van der Waals surface area contributed by atoms with Gasteiger partial charge in [0.1, 0.15) is 5.75 Å². The van der Waals surface area contributed by atoms with Gasteiger partial charge in [0.05, 0.1) is 7.11 Å². The topological polar surface area (TPSA) is 35.2 Å². The Bertz CT molecular complexity index is 338. The third-order valence-electron chi connectivity index (χ3n) is 2.53. The summed E-state index contributed by atoms with van der Waals surface area (Å²) < 4.78 is 5.25. The van der Waals surface area contributed by atoms with Gasteiger partial charge in [-0.1, -0.05) is 11.6 Å². The van der Waals surface area contributed by atoms with Crippen LogP contribution in [-0.4, -0.2) is 7.11 Å². The van der Waals surface area contributed by atoms with Crippen LogP contribution in [0.4, 0.5) is 0 Å². The van der Waals surface area contributed by atoms with E-state index in [0.29, 0.717) is 5.02 Å². The Labute approximate surface area is 82.6 Å². The van der Waals surface area contributed by atoms with E-state index in [0.717, 1.165) is 24.2 Å². The van der Waals surface area contributed by atoms with E-state index in [4.69, 9.17) is 22.1 Å². The molecular formula is C10H12ClNO. The summed E-state index contributed by atoms with van der Waals surface area (Å²) in [6.45, 7) is 0. The van der Waals surface area contributed by atoms with Crippen LogP contribution < -0.4 is 10.5 Å². The van der Waals surface area contributed by atoms with Crippen LogP contribution >= 0.6 is 11.6 Å². The van der Waals surface area contributed by atoms with E-state index in [2.05, 4.69) is 0 Å². The highest BCUT2D eigenvalue weighted by molar-refractivity contribution is 6.30. The van der Waals surface area contributed by atoms with Gasteiger partial charge in [0.25, 0.3) is 0 Å². The average Bonchev–Trinajstić information content (AvgIpc) is 2.47. The molecule has 1 aromatic carbocycles. The van der Waals surface area contributed by atoms with Gasteiger partial charge in [-0.3, -0.25) is 0 Å². The highest BCUT2D eigenvalue weighted by atomic mass is 35.5. The van der Waals surface area contributed by atoms with Crippen molar-refractivity contribution in [2.75, 3.05) is 7.11 Å². The molecule has 1 aliphatic carbocycles. The van der Waals surface area contributed by atoms with Gasteiger partial charge in [-0.25, -0.2) is 0 Å². The van der Waals surface area contributed by atoms with Crippen LogP contribution in [0.2, 0.25) is 5.02 Å². The van der Waals surface area contributed by atoms with Crippen LogP contribution in [0.3, 0.4) is 0 Å². The molecule has 0 fully saturated rings. The summed E-state index contributed by atoms with van der Waals surface area (Å²) in [6, 6.07) is 3.91. The second kappa shape index (κ2) is 3.20. The zero-order chi connectivity index (χ0) is 9.42. The number of halogens is 1. The molecule has 1 aliphatic rings. The van der Waals surface area contributed by atoms with Crippen LogP contribution in [0, 0.1) is 0 Å². The Morgan fingerprint density at radius 2 is 2.31 bits per heavy atom. The van der Waals surface area contributed by atoms with Crippen LogP contribution in [0.1, 0.15) is 23.6 Å². The molecule has 3 heteroatoms. The lowest BCUT2D eigenvalue weighted by molar-refractivity contribution is 0.410. The first-order chi connectivity index (χ1) is 6.22. The lowest BCUT2D eigenvalue weighted by atomic mass is 10.1. The quantitative estimate of drug-likeness (QED) is 0.750. The fourth-order valence-electron chi connectivity index (χ4n) is 1.87. The van der Waals surface area contributed by atoms with Gasteiger partial charge in [-0.05, 0) is 36.1 Å². The minimum Gasteiger partial charge on any atom is -0.496 e. The highest BCUT2D eigenvalue weighted by Gasteiger charge is 2.22. The Kier molecular flexibility index (Phi) is 2.18. The smallest absolute Gasteiger partial charge is 0.123 e. The second-order valence-electron chi connectivity index (χ2n) is 3.32. The van der Waals surface area contributed by atoms with E-state index in [9.17, 15) is 0 Å². The number of nitrogens with two attached hydrogens (primary N) is 1. The summed E-state index contributed by atoms with van der Waals surface area (Å²) in [6.07, 6.45) is 1.99. The fourth-order valence-corrected chi connectivity index (χ4v) is 2.08. The molecule has 70 valence electrons. The number of methoxy groups -OCH3 is 1. The third kappa shape index (κ3) is 1.40. The predicted octanol–water partition coefficient (Wildman–Crippen LogP) is 2.29. The standard InChI is InChI=1S/C10H12ClNO/c1-13-10-5-6(11)4-8-7(10)2-3-9(8)12/h4-5,9H,2-3,12H2,1H3. The summed E-state index contributed by atoms with van der Waals surface area (Å²) in [5.74, 6) is 0.871. The molecule has 0 aliphatic heterocycles. The Hall–Kier alpha value is -0.730. The SMILES string of the molecule is COc1cc(Cl)cc2c1CCC2N. The van der Waals surface area contributed by atoms with Crippen LogP contribution in [-0.2, 0) is 6.42 Å². The third-order valence-corrected chi connectivity index (χ3v) is 2.75. The predicted molar refractivity (Wildman–Crippen MR) is 53.3 cm³/mol. The molecule has 0 radical (unpaired) electrons. The summed E-state index contributed by atoms with van der Waals surface area (Å²) in [7, 11) is 1.66. The number of ether oxygens (including phenoxy) is 1.